The number of nitrogen functional groups attached to an aromatic ring is 1. The van der Waals surface area contributed by atoms with Gasteiger partial charge in [-0.25, -0.2) is 0 Å². The van der Waals surface area contributed by atoms with E-state index < -0.39 is 0 Å². The minimum absolute atomic E-state index is 0.0247. The number of hydrogen-bond acceptors (Lipinski definition) is 2. The van der Waals surface area contributed by atoms with E-state index in [1.807, 2.05) is 13.0 Å². The van der Waals surface area contributed by atoms with Crippen LogP contribution in [0.1, 0.15) is 49.0 Å². The van der Waals surface area contributed by atoms with Crippen LogP contribution < -0.4 is 11.1 Å². The van der Waals surface area contributed by atoms with E-state index in [-0.39, 0.29) is 5.91 Å². The van der Waals surface area contributed by atoms with E-state index in [1.54, 1.807) is 12.1 Å². The Morgan fingerprint density at radius 3 is 2.74 bits per heavy atom. The lowest BCUT2D eigenvalue weighted by Gasteiger charge is -2.21. The number of nitrogens with two attached hydrogens (primary N) is 1. The molecular formula is C16H24N2O. The molecule has 0 spiro atoms. The van der Waals surface area contributed by atoms with Crippen LogP contribution in [-0.4, -0.2) is 11.9 Å². The average molecular weight is 260 g/mol. The van der Waals surface area contributed by atoms with Gasteiger partial charge in [0.2, 0.25) is 0 Å². The molecule has 1 fully saturated rings. The molecule has 1 aromatic carbocycles. The summed E-state index contributed by atoms with van der Waals surface area (Å²) >= 11 is 0. The first-order chi connectivity index (χ1) is 9.02. The highest BCUT2D eigenvalue weighted by molar-refractivity contribution is 5.95. The van der Waals surface area contributed by atoms with E-state index >= 15 is 0 Å². The standard InChI is InChI=1S/C16H24N2O/c1-4-12-6-8-15(11(12)3)18-16(19)13-5-7-14(17)10(2)9-13/h5,7,9,11-12,15H,4,6,8,17H2,1-3H3,(H,18,19). The normalized spacial score (nSPS) is 26.4. The summed E-state index contributed by atoms with van der Waals surface area (Å²) in [5.74, 6) is 1.35. The number of amides is 1. The predicted molar refractivity (Wildman–Crippen MR) is 79.0 cm³/mol. The molecule has 3 heteroatoms. The van der Waals surface area contributed by atoms with Crippen LogP contribution in [0.15, 0.2) is 18.2 Å². The largest absolute Gasteiger partial charge is 0.399 e. The van der Waals surface area contributed by atoms with Crippen LogP contribution in [0.3, 0.4) is 0 Å². The number of hydrogen-bond donors (Lipinski definition) is 2. The molecule has 3 atom stereocenters. The first-order valence-corrected chi connectivity index (χ1v) is 7.20. The van der Waals surface area contributed by atoms with E-state index in [2.05, 4.69) is 19.2 Å². The van der Waals surface area contributed by atoms with Crippen LogP contribution in [0.4, 0.5) is 5.69 Å². The molecule has 0 radical (unpaired) electrons. The van der Waals surface area contributed by atoms with Crippen LogP contribution in [0, 0.1) is 18.8 Å². The summed E-state index contributed by atoms with van der Waals surface area (Å²) in [6, 6.07) is 5.78. The van der Waals surface area contributed by atoms with E-state index in [1.165, 1.54) is 12.8 Å². The molecule has 3 nitrogen and oxygen atoms in total. The van der Waals surface area contributed by atoms with Crippen molar-refractivity contribution in [1.82, 2.24) is 5.32 Å². The van der Waals surface area contributed by atoms with E-state index in [9.17, 15) is 4.79 Å². The molecule has 1 aliphatic carbocycles. The van der Waals surface area contributed by atoms with Gasteiger partial charge in [0.1, 0.15) is 0 Å². The molecule has 104 valence electrons. The monoisotopic (exact) mass is 260 g/mol. The molecule has 0 heterocycles. The SMILES string of the molecule is CCC1CCC(NC(=O)c2ccc(N)c(C)c2)C1C. The van der Waals surface area contributed by atoms with Gasteiger partial charge < -0.3 is 11.1 Å². The lowest BCUT2D eigenvalue weighted by molar-refractivity contribution is 0.0926. The minimum Gasteiger partial charge on any atom is -0.399 e. The third-order valence-corrected chi connectivity index (χ3v) is 4.60. The quantitative estimate of drug-likeness (QED) is 0.820. The van der Waals surface area contributed by atoms with Gasteiger partial charge in [-0.15, -0.1) is 0 Å². The van der Waals surface area contributed by atoms with Crippen molar-refractivity contribution in [3.63, 3.8) is 0 Å². The Morgan fingerprint density at radius 1 is 1.42 bits per heavy atom. The van der Waals surface area contributed by atoms with Gasteiger partial charge in [-0.1, -0.05) is 20.3 Å². The fourth-order valence-electron chi connectivity index (χ4n) is 3.10. The topological polar surface area (TPSA) is 55.1 Å². The van der Waals surface area contributed by atoms with Crippen molar-refractivity contribution in [2.24, 2.45) is 11.8 Å². The molecule has 1 aliphatic rings. The fraction of sp³-hybridized carbons (Fsp3) is 0.562. The second-order valence-corrected chi connectivity index (χ2v) is 5.76. The van der Waals surface area contributed by atoms with Gasteiger partial charge in [0.25, 0.3) is 5.91 Å². The van der Waals surface area contributed by atoms with Crippen molar-refractivity contribution < 1.29 is 4.79 Å². The lowest BCUT2D eigenvalue weighted by atomic mass is 9.93. The van der Waals surface area contributed by atoms with E-state index in [4.69, 9.17) is 5.73 Å². The number of anilines is 1. The molecule has 0 saturated heterocycles. The van der Waals surface area contributed by atoms with Gasteiger partial charge >= 0.3 is 0 Å². The summed E-state index contributed by atoms with van der Waals surface area (Å²) in [4.78, 5) is 12.3. The average Bonchev–Trinajstić information content (AvgIpc) is 2.73. The molecule has 19 heavy (non-hydrogen) atoms. The first-order valence-electron chi connectivity index (χ1n) is 7.20. The highest BCUT2D eigenvalue weighted by atomic mass is 16.1. The zero-order valence-corrected chi connectivity index (χ0v) is 12.1. The van der Waals surface area contributed by atoms with Crippen LogP contribution in [-0.2, 0) is 0 Å². The van der Waals surface area contributed by atoms with Crippen LogP contribution in [0.5, 0.6) is 0 Å². The predicted octanol–water partition coefficient (Wildman–Crippen LogP) is 3.13. The summed E-state index contributed by atoms with van der Waals surface area (Å²) < 4.78 is 0. The third-order valence-electron chi connectivity index (χ3n) is 4.60. The summed E-state index contributed by atoms with van der Waals surface area (Å²) in [5, 5.41) is 3.18. The summed E-state index contributed by atoms with van der Waals surface area (Å²) in [5.41, 5.74) is 8.18. The van der Waals surface area contributed by atoms with Crippen LogP contribution >= 0.6 is 0 Å². The van der Waals surface area contributed by atoms with Gasteiger partial charge in [0.05, 0.1) is 0 Å². The molecule has 1 amide bonds. The number of nitrogens with one attached hydrogen (secondary N) is 1. The molecule has 1 aromatic rings. The third kappa shape index (κ3) is 2.91. The summed E-state index contributed by atoms with van der Waals surface area (Å²) in [6.07, 6.45) is 3.53. The molecule has 3 unspecified atom stereocenters. The zero-order chi connectivity index (χ0) is 14.0. The van der Waals surface area contributed by atoms with Gasteiger partial charge in [-0.3, -0.25) is 4.79 Å². The molecule has 0 aromatic heterocycles. The number of aryl methyl sites for hydroxylation is 1. The Morgan fingerprint density at radius 2 is 2.16 bits per heavy atom. The Balaban J connectivity index is 2.03. The Labute approximate surface area is 115 Å². The number of rotatable bonds is 3. The number of carbonyl (C=O) groups is 1. The summed E-state index contributed by atoms with van der Waals surface area (Å²) in [7, 11) is 0. The van der Waals surface area contributed by atoms with Crippen molar-refractivity contribution in [1.29, 1.82) is 0 Å². The molecular weight excluding hydrogens is 236 g/mol. The Kier molecular flexibility index (Phi) is 4.13. The van der Waals surface area contributed by atoms with Crippen molar-refractivity contribution >= 4 is 11.6 Å². The van der Waals surface area contributed by atoms with Crippen molar-refractivity contribution in [2.45, 2.75) is 46.1 Å². The van der Waals surface area contributed by atoms with Crippen molar-refractivity contribution in [3.8, 4) is 0 Å². The van der Waals surface area contributed by atoms with Crippen molar-refractivity contribution in [3.05, 3.63) is 29.3 Å². The molecule has 0 aliphatic heterocycles. The smallest absolute Gasteiger partial charge is 0.251 e. The maximum Gasteiger partial charge on any atom is 0.251 e. The molecule has 1 saturated carbocycles. The Hall–Kier alpha value is -1.51. The lowest BCUT2D eigenvalue weighted by Crippen LogP contribution is -2.37. The molecule has 2 rings (SSSR count). The second-order valence-electron chi connectivity index (χ2n) is 5.76. The van der Waals surface area contributed by atoms with Crippen LogP contribution in [0.2, 0.25) is 0 Å². The maximum absolute atomic E-state index is 12.3. The van der Waals surface area contributed by atoms with Crippen molar-refractivity contribution in [2.75, 3.05) is 5.73 Å². The molecule has 3 N–H and O–H groups in total. The zero-order valence-electron chi connectivity index (χ0n) is 12.1. The van der Waals surface area contributed by atoms with Gasteiger partial charge in [0.15, 0.2) is 0 Å². The number of carbonyl (C=O) groups excluding carboxylic acids is 1. The van der Waals surface area contributed by atoms with E-state index in [0.29, 0.717) is 17.5 Å². The number of benzene rings is 1. The highest BCUT2D eigenvalue weighted by Gasteiger charge is 2.32. The van der Waals surface area contributed by atoms with Crippen LogP contribution in [0.25, 0.3) is 0 Å². The molecule has 0 bridgehead atoms. The van der Waals surface area contributed by atoms with E-state index in [0.717, 1.165) is 23.6 Å². The minimum atomic E-state index is 0.0247. The Bertz CT molecular complexity index is 470. The fourth-order valence-corrected chi connectivity index (χ4v) is 3.10. The van der Waals surface area contributed by atoms with Gasteiger partial charge in [-0.2, -0.15) is 0 Å². The summed E-state index contributed by atoms with van der Waals surface area (Å²) in [6.45, 7) is 6.41. The van der Waals surface area contributed by atoms with Gasteiger partial charge in [-0.05, 0) is 55.4 Å². The van der Waals surface area contributed by atoms with Gasteiger partial charge in [0, 0.05) is 17.3 Å². The highest BCUT2D eigenvalue weighted by Crippen LogP contribution is 2.34. The second kappa shape index (κ2) is 5.64. The first kappa shape index (κ1) is 13.9. The maximum atomic E-state index is 12.3.